The van der Waals surface area contributed by atoms with Crippen molar-refractivity contribution in [2.24, 2.45) is 0 Å². The molecule has 0 saturated carbocycles. The Morgan fingerprint density at radius 1 is 1.09 bits per heavy atom. The highest BCUT2D eigenvalue weighted by atomic mass is 79.9. The maximum atomic E-state index is 14.2. The quantitative estimate of drug-likeness (QED) is 0.340. The summed E-state index contributed by atoms with van der Waals surface area (Å²) in [7, 11) is 0. The summed E-state index contributed by atoms with van der Waals surface area (Å²) >= 11 is 0.478. The van der Waals surface area contributed by atoms with E-state index >= 15 is 0 Å². The van der Waals surface area contributed by atoms with E-state index in [4.69, 9.17) is 0 Å². The van der Waals surface area contributed by atoms with Gasteiger partial charge in [-0.1, -0.05) is 28.1 Å². The maximum absolute atomic E-state index is 14.2. The summed E-state index contributed by atoms with van der Waals surface area (Å²) < 4.78 is 53.7. The number of halogens is 3. The molecule has 0 aliphatic carbocycles. The van der Waals surface area contributed by atoms with Crippen LogP contribution in [-0.2, 0) is 11.3 Å². The second-order valence-corrected chi connectivity index (χ2v) is 8.95. The summed E-state index contributed by atoms with van der Waals surface area (Å²) in [6, 6.07) is 11.6. The van der Waals surface area contributed by atoms with Crippen molar-refractivity contribution in [1.82, 2.24) is 15.3 Å². The van der Waals surface area contributed by atoms with Crippen LogP contribution < -0.4 is 9.62 Å². The van der Waals surface area contributed by atoms with Gasteiger partial charge in [0.2, 0.25) is 0 Å². The lowest BCUT2D eigenvalue weighted by atomic mass is 10.1. The monoisotopic (exact) mass is 545 g/mol. The number of aromatic nitrogens is 2. The Labute approximate surface area is 204 Å². The first-order chi connectivity index (χ1) is 16.3. The van der Waals surface area contributed by atoms with Crippen LogP contribution in [0.5, 0.6) is 0 Å². The number of para-hydroxylation sites is 1. The number of benzene rings is 3. The lowest BCUT2D eigenvalue weighted by Gasteiger charge is -2.29. The zero-order chi connectivity index (χ0) is 24.4. The van der Waals surface area contributed by atoms with Crippen molar-refractivity contribution >= 4 is 55.5 Å². The first-order valence-corrected chi connectivity index (χ1v) is 11.7. The Bertz CT molecular complexity index is 1420. The second kappa shape index (κ2) is 9.92. The number of fused-ring (bicyclic) bond motifs is 1. The molecule has 3 aromatic carbocycles. The van der Waals surface area contributed by atoms with Crippen LogP contribution in [0.25, 0.3) is 11.0 Å². The predicted molar refractivity (Wildman–Crippen MR) is 127 cm³/mol. The van der Waals surface area contributed by atoms with E-state index in [0.29, 0.717) is 15.5 Å². The number of carbonyl (C=O) groups excluding carboxylic acids is 1. The summed E-state index contributed by atoms with van der Waals surface area (Å²) in [4.78, 5) is 21.6. The van der Waals surface area contributed by atoms with Gasteiger partial charge in [0, 0.05) is 28.5 Å². The molecule has 4 rings (SSSR count). The molecule has 0 spiro atoms. The Kier molecular flexibility index (Phi) is 6.96. The number of amides is 1. The molecule has 2 atom stereocenters. The first kappa shape index (κ1) is 23.9. The highest BCUT2D eigenvalue weighted by molar-refractivity contribution is 9.10. The molecule has 7 nitrogen and oxygen atoms in total. The Balaban J connectivity index is 1.77. The lowest BCUT2D eigenvalue weighted by molar-refractivity contribution is 0.0940. The first-order valence-electron chi connectivity index (χ1n) is 9.91. The van der Waals surface area contributed by atoms with Crippen molar-refractivity contribution in [2.45, 2.75) is 13.0 Å². The molecule has 34 heavy (non-hydrogen) atoms. The molecule has 11 heteroatoms. The average molecular weight is 546 g/mol. The molecular weight excluding hydrogens is 530 g/mol. The van der Waals surface area contributed by atoms with Gasteiger partial charge in [0.25, 0.3) is 5.91 Å². The van der Waals surface area contributed by atoms with E-state index in [9.17, 15) is 22.3 Å². The lowest BCUT2D eigenvalue weighted by Crippen LogP contribution is -2.30. The highest BCUT2D eigenvalue weighted by Gasteiger charge is 2.23. The molecular formula is C23H16BrF2N4O3S-. The van der Waals surface area contributed by atoms with Gasteiger partial charge in [0.05, 0.1) is 39.8 Å². The molecule has 0 fully saturated rings. The van der Waals surface area contributed by atoms with E-state index in [1.165, 1.54) is 37.5 Å². The van der Waals surface area contributed by atoms with Gasteiger partial charge in [-0.15, -0.1) is 0 Å². The molecule has 0 saturated heterocycles. The van der Waals surface area contributed by atoms with E-state index in [0.717, 1.165) is 16.4 Å². The van der Waals surface area contributed by atoms with E-state index in [2.05, 4.69) is 31.2 Å². The maximum Gasteiger partial charge on any atom is 0.253 e. The SMILES string of the molecule is CC(NC(=O)c1ccc(Br)cc1N(c1cccc2nccnc12)S(=O)[O-])c1ccc(F)cc1F. The number of nitrogens with zero attached hydrogens (tertiary/aromatic N) is 3. The van der Waals surface area contributed by atoms with Gasteiger partial charge in [0.15, 0.2) is 0 Å². The van der Waals surface area contributed by atoms with Gasteiger partial charge >= 0.3 is 0 Å². The van der Waals surface area contributed by atoms with Crippen LogP contribution in [0, 0.1) is 11.6 Å². The highest BCUT2D eigenvalue weighted by Crippen LogP contribution is 2.35. The Morgan fingerprint density at radius 2 is 1.85 bits per heavy atom. The third kappa shape index (κ3) is 4.81. The Morgan fingerprint density at radius 3 is 2.59 bits per heavy atom. The minimum Gasteiger partial charge on any atom is -0.755 e. The van der Waals surface area contributed by atoms with Gasteiger partial charge in [-0.05, 0) is 43.3 Å². The van der Waals surface area contributed by atoms with Crippen LogP contribution in [0.4, 0.5) is 20.2 Å². The fourth-order valence-corrected chi connectivity index (χ4v) is 4.47. The largest absolute Gasteiger partial charge is 0.755 e. The van der Waals surface area contributed by atoms with E-state index < -0.39 is 34.8 Å². The number of hydrogen-bond donors (Lipinski definition) is 1. The smallest absolute Gasteiger partial charge is 0.253 e. The summed E-state index contributed by atoms with van der Waals surface area (Å²) in [5.41, 5.74) is 1.14. The van der Waals surface area contributed by atoms with Crippen LogP contribution in [0.2, 0.25) is 0 Å². The predicted octanol–water partition coefficient (Wildman–Crippen LogP) is 5.09. The molecule has 0 aliphatic heterocycles. The van der Waals surface area contributed by atoms with Crippen molar-refractivity contribution in [3.05, 3.63) is 94.2 Å². The number of hydrogen-bond acceptors (Lipinski definition) is 5. The fourth-order valence-electron chi connectivity index (χ4n) is 3.50. The van der Waals surface area contributed by atoms with E-state index in [-0.39, 0.29) is 22.5 Å². The van der Waals surface area contributed by atoms with Crippen molar-refractivity contribution in [2.75, 3.05) is 4.31 Å². The van der Waals surface area contributed by atoms with Crippen LogP contribution in [0.3, 0.4) is 0 Å². The van der Waals surface area contributed by atoms with Gasteiger partial charge in [-0.25, -0.2) is 8.78 Å². The number of nitrogens with one attached hydrogen (secondary N) is 1. The standard InChI is InChI=1S/C23H17BrF2N4O3S/c1-13(16-8-6-15(25)12-18(16)26)29-23(31)17-7-5-14(24)11-21(17)30(34(32)33)20-4-2-3-19-22(20)28-10-9-27-19/h2-13H,1H3,(H,29,31)(H,32,33)/p-1. The zero-order valence-corrected chi connectivity index (χ0v) is 19.9. The third-order valence-corrected chi connectivity index (χ3v) is 6.23. The minimum atomic E-state index is -2.84. The van der Waals surface area contributed by atoms with Crippen molar-refractivity contribution < 1.29 is 22.3 Å². The number of anilines is 2. The van der Waals surface area contributed by atoms with Gasteiger partial charge < -0.3 is 9.87 Å². The molecule has 1 N–H and O–H groups in total. The molecule has 0 aliphatic rings. The zero-order valence-electron chi connectivity index (χ0n) is 17.5. The van der Waals surface area contributed by atoms with E-state index in [1.54, 1.807) is 24.3 Å². The van der Waals surface area contributed by atoms with Crippen molar-refractivity contribution in [3.63, 3.8) is 0 Å². The Hall–Kier alpha value is -3.28. The summed E-state index contributed by atoms with van der Waals surface area (Å²) in [6.07, 6.45) is 2.92. The molecule has 174 valence electrons. The van der Waals surface area contributed by atoms with Crippen LogP contribution in [-0.4, -0.2) is 24.6 Å². The third-order valence-electron chi connectivity index (χ3n) is 5.05. The summed E-state index contributed by atoms with van der Waals surface area (Å²) in [6.45, 7) is 1.54. The summed E-state index contributed by atoms with van der Waals surface area (Å²) in [5, 5.41) is 2.64. The topological polar surface area (TPSA) is 98.2 Å². The van der Waals surface area contributed by atoms with Crippen molar-refractivity contribution in [1.29, 1.82) is 0 Å². The second-order valence-electron chi connectivity index (χ2n) is 7.24. The van der Waals surface area contributed by atoms with Crippen LogP contribution in [0.1, 0.15) is 28.9 Å². The molecule has 1 heterocycles. The van der Waals surface area contributed by atoms with Gasteiger partial charge in [0.1, 0.15) is 17.2 Å². The van der Waals surface area contributed by atoms with Crippen LogP contribution in [0.15, 0.2) is 71.5 Å². The summed E-state index contributed by atoms with van der Waals surface area (Å²) in [5.74, 6) is -2.19. The van der Waals surface area contributed by atoms with Gasteiger partial charge in [-0.2, -0.15) is 0 Å². The average Bonchev–Trinajstić information content (AvgIpc) is 2.79. The van der Waals surface area contributed by atoms with Crippen LogP contribution >= 0.6 is 15.9 Å². The van der Waals surface area contributed by atoms with Gasteiger partial charge in [-0.3, -0.25) is 23.3 Å². The molecule has 0 radical (unpaired) electrons. The number of rotatable bonds is 6. The number of carbonyl (C=O) groups is 1. The van der Waals surface area contributed by atoms with E-state index in [1.807, 2.05) is 0 Å². The minimum absolute atomic E-state index is 0.0164. The molecule has 1 amide bonds. The molecule has 0 bridgehead atoms. The normalized spacial score (nSPS) is 12.9. The molecule has 2 unspecified atom stereocenters. The molecule has 1 aromatic heterocycles. The molecule has 4 aromatic rings. The fraction of sp³-hybridized carbons (Fsp3) is 0.0870. The van der Waals surface area contributed by atoms with Crippen molar-refractivity contribution in [3.8, 4) is 0 Å².